The van der Waals surface area contributed by atoms with Crippen LogP contribution in [0.2, 0.25) is 5.02 Å². The Hall–Kier alpha value is -1.82. The summed E-state index contributed by atoms with van der Waals surface area (Å²) in [5.74, 6) is -0.510. The first-order valence-electron chi connectivity index (χ1n) is 8.23. The Labute approximate surface area is 155 Å². The average Bonchev–Trinajstić information content (AvgIpc) is 2.53. The predicted molar refractivity (Wildman–Crippen MR) is 93.8 cm³/mol. The van der Waals surface area contributed by atoms with Crippen LogP contribution in [0.5, 0.6) is 5.75 Å². The standard InChI is InChI=1S/C19H20ClF4NO/c1-11(2)6-12(3)10-26-17-5-4-13(7-15(17)19(22,23)24)14-8-18(21)25-9-16(14)20/h4-5,7-9,11-12H,6,10H2,1-3H3/t12-/m1/s1. The van der Waals surface area contributed by atoms with Gasteiger partial charge in [-0.2, -0.15) is 17.6 Å². The fraction of sp³-hybridized carbons (Fsp3) is 0.421. The maximum Gasteiger partial charge on any atom is 0.419 e. The highest BCUT2D eigenvalue weighted by atomic mass is 35.5. The molecule has 0 amide bonds. The summed E-state index contributed by atoms with van der Waals surface area (Å²) >= 11 is 5.95. The Kier molecular flexibility index (Phi) is 6.50. The normalized spacial score (nSPS) is 13.1. The van der Waals surface area contributed by atoms with Crippen LogP contribution >= 0.6 is 11.6 Å². The van der Waals surface area contributed by atoms with Crippen LogP contribution in [0.25, 0.3) is 11.1 Å². The summed E-state index contributed by atoms with van der Waals surface area (Å²) in [4.78, 5) is 3.38. The quantitative estimate of drug-likeness (QED) is 0.409. The summed E-state index contributed by atoms with van der Waals surface area (Å²) in [5, 5.41) is 0.0683. The number of ether oxygens (including phenoxy) is 1. The minimum absolute atomic E-state index is 0.0683. The number of benzene rings is 1. The summed E-state index contributed by atoms with van der Waals surface area (Å²) in [6.07, 6.45) is -2.69. The lowest BCUT2D eigenvalue weighted by atomic mass is 9.99. The number of alkyl halides is 3. The van der Waals surface area contributed by atoms with Crippen LogP contribution in [0.3, 0.4) is 0 Å². The van der Waals surface area contributed by atoms with Crippen molar-refractivity contribution in [3.63, 3.8) is 0 Å². The first kappa shape index (κ1) is 20.5. The Morgan fingerprint density at radius 1 is 1.15 bits per heavy atom. The Bertz CT molecular complexity index is 762. The molecule has 0 bridgehead atoms. The van der Waals surface area contributed by atoms with Gasteiger partial charge in [-0.3, -0.25) is 0 Å². The van der Waals surface area contributed by atoms with Crippen molar-refractivity contribution < 1.29 is 22.3 Å². The Morgan fingerprint density at radius 3 is 2.46 bits per heavy atom. The number of rotatable bonds is 6. The van der Waals surface area contributed by atoms with Crippen LogP contribution < -0.4 is 4.74 Å². The van der Waals surface area contributed by atoms with Crippen molar-refractivity contribution in [1.29, 1.82) is 0 Å². The largest absolute Gasteiger partial charge is 0.493 e. The molecule has 7 heteroatoms. The SMILES string of the molecule is CC(C)C[C@@H](C)COc1ccc(-c2cc(F)ncc2Cl)cc1C(F)(F)F. The third-order valence-electron chi connectivity index (χ3n) is 3.82. The van der Waals surface area contributed by atoms with Crippen molar-refractivity contribution in [3.8, 4) is 16.9 Å². The van der Waals surface area contributed by atoms with E-state index in [4.69, 9.17) is 16.3 Å². The maximum absolute atomic E-state index is 13.5. The van der Waals surface area contributed by atoms with Crippen LogP contribution in [0.15, 0.2) is 30.5 Å². The van der Waals surface area contributed by atoms with Crippen molar-refractivity contribution in [2.75, 3.05) is 6.61 Å². The van der Waals surface area contributed by atoms with E-state index < -0.39 is 17.7 Å². The molecular weight excluding hydrogens is 370 g/mol. The topological polar surface area (TPSA) is 22.1 Å². The van der Waals surface area contributed by atoms with Crippen LogP contribution in [0.1, 0.15) is 32.8 Å². The van der Waals surface area contributed by atoms with E-state index in [1.165, 1.54) is 12.1 Å². The molecule has 142 valence electrons. The van der Waals surface area contributed by atoms with Gasteiger partial charge in [0.05, 0.1) is 17.2 Å². The zero-order valence-electron chi connectivity index (χ0n) is 14.7. The summed E-state index contributed by atoms with van der Waals surface area (Å²) < 4.78 is 59.2. The first-order valence-corrected chi connectivity index (χ1v) is 8.61. The number of nitrogens with zero attached hydrogens (tertiary/aromatic N) is 1. The molecule has 0 aliphatic heterocycles. The van der Waals surface area contributed by atoms with Gasteiger partial charge in [-0.1, -0.05) is 38.4 Å². The Balaban J connectivity index is 2.35. The predicted octanol–water partition coefficient (Wildman–Crippen LogP) is 6.62. The van der Waals surface area contributed by atoms with Gasteiger partial charge in [-0.25, -0.2) is 4.98 Å². The molecule has 26 heavy (non-hydrogen) atoms. The molecule has 0 unspecified atom stereocenters. The molecule has 0 fully saturated rings. The van der Waals surface area contributed by atoms with Crippen LogP contribution in [0.4, 0.5) is 17.6 Å². The number of halogens is 5. The van der Waals surface area contributed by atoms with Crippen molar-refractivity contribution in [3.05, 3.63) is 47.0 Å². The van der Waals surface area contributed by atoms with E-state index in [-0.39, 0.29) is 34.4 Å². The van der Waals surface area contributed by atoms with Crippen LogP contribution in [0, 0.1) is 17.8 Å². The third kappa shape index (κ3) is 5.34. The van der Waals surface area contributed by atoms with E-state index in [1.54, 1.807) is 0 Å². The fourth-order valence-corrected chi connectivity index (χ4v) is 3.00. The molecule has 2 nitrogen and oxygen atoms in total. The zero-order valence-corrected chi connectivity index (χ0v) is 15.5. The third-order valence-corrected chi connectivity index (χ3v) is 4.12. The van der Waals surface area contributed by atoms with Gasteiger partial charge in [0.15, 0.2) is 0 Å². The molecule has 1 atom stereocenters. The average molecular weight is 390 g/mol. The van der Waals surface area contributed by atoms with E-state index in [0.717, 1.165) is 24.8 Å². The lowest BCUT2D eigenvalue weighted by Gasteiger charge is -2.19. The molecule has 0 aliphatic rings. The van der Waals surface area contributed by atoms with Gasteiger partial charge in [0.1, 0.15) is 5.75 Å². The van der Waals surface area contributed by atoms with Gasteiger partial charge < -0.3 is 4.74 Å². The van der Waals surface area contributed by atoms with Gasteiger partial charge in [0.2, 0.25) is 5.95 Å². The minimum atomic E-state index is -4.61. The highest BCUT2D eigenvalue weighted by Crippen LogP contribution is 2.40. The van der Waals surface area contributed by atoms with Gasteiger partial charge in [-0.15, -0.1) is 0 Å². The van der Waals surface area contributed by atoms with Gasteiger partial charge in [0.25, 0.3) is 0 Å². The van der Waals surface area contributed by atoms with Crippen LogP contribution in [-0.4, -0.2) is 11.6 Å². The number of hydrogen-bond acceptors (Lipinski definition) is 2. The monoisotopic (exact) mass is 389 g/mol. The van der Waals surface area contributed by atoms with E-state index in [1.807, 2.05) is 20.8 Å². The molecule has 1 aromatic heterocycles. The smallest absolute Gasteiger partial charge is 0.419 e. The van der Waals surface area contributed by atoms with Crippen molar-refractivity contribution in [1.82, 2.24) is 4.98 Å². The zero-order chi connectivity index (χ0) is 19.5. The van der Waals surface area contributed by atoms with Crippen molar-refractivity contribution in [2.24, 2.45) is 11.8 Å². The second kappa shape index (κ2) is 8.25. The van der Waals surface area contributed by atoms with E-state index in [0.29, 0.717) is 5.92 Å². The highest BCUT2D eigenvalue weighted by molar-refractivity contribution is 6.33. The van der Waals surface area contributed by atoms with E-state index in [2.05, 4.69) is 4.98 Å². The first-order chi connectivity index (χ1) is 12.1. The molecule has 2 rings (SSSR count). The highest BCUT2D eigenvalue weighted by Gasteiger charge is 2.35. The summed E-state index contributed by atoms with van der Waals surface area (Å²) in [7, 11) is 0. The van der Waals surface area contributed by atoms with Crippen molar-refractivity contribution in [2.45, 2.75) is 33.4 Å². The molecule has 0 saturated heterocycles. The van der Waals surface area contributed by atoms with Crippen molar-refractivity contribution >= 4 is 11.6 Å². The molecule has 0 saturated carbocycles. The maximum atomic E-state index is 13.5. The molecule has 0 N–H and O–H groups in total. The Morgan fingerprint density at radius 2 is 1.85 bits per heavy atom. The number of aromatic nitrogens is 1. The molecule has 2 aromatic rings. The van der Waals surface area contributed by atoms with Gasteiger partial charge in [0, 0.05) is 17.8 Å². The lowest BCUT2D eigenvalue weighted by molar-refractivity contribution is -0.139. The lowest BCUT2D eigenvalue weighted by Crippen LogP contribution is -2.14. The molecular formula is C19H20ClF4NO. The van der Waals surface area contributed by atoms with Crippen LogP contribution in [-0.2, 0) is 6.18 Å². The van der Waals surface area contributed by atoms with E-state index in [9.17, 15) is 17.6 Å². The molecule has 0 spiro atoms. The van der Waals surface area contributed by atoms with Gasteiger partial charge >= 0.3 is 6.18 Å². The second-order valence-electron chi connectivity index (χ2n) is 6.74. The van der Waals surface area contributed by atoms with E-state index >= 15 is 0 Å². The summed E-state index contributed by atoms with van der Waals surface area (Å²) in [6, 6.07) is 4.60. The number of pyridine rings is 1. The summed E-state index contributed by atoms with van der Waals surface area (Å²) in [6.45, 7) is 6.21. The molecule has 0 aliphatic carbocycles. The molecule has 1 heterocycles. The number of hydrogen-bond donors (Lipinski definition) is 0. The molecule has 1 aromatic carbocycles. The minimum Gasteiger partial charge on any atom is -0.493 e. The molecule has 0 radical (unpaired) electrons. The summed E-state index contributed by atoms with van der Waals surface area (Å²) in [5.41, 5.74) is -0.629. The second-order valence-corrected chi connectivity index (χ2v) is 7.15. The fourth-order valence-electron chi connectivity index (χ4n) is 2.78. The van der Waals surface area contributed by atoms with Gasteiger partial charge in [-0.05, 0) is 36.0 Å².